The van der Waals surface area contributed by atoms with E-state index in [1.165, 1.54) is 0 Å². The van der Waals surface area contributed by atoms with Crippen molar-refractivity contribution in [3.8, 4) is 28.8 Å². The fraction of sp³-hybridized carbons (Fsp3) is 0.0303. The summed E-state index contributed by atoms with van der Waals surface area (Å²) in [6.07, 6.45) is 1.64. The molecule has 4 aromatic carbocycles. The van der Waals surface area contributed by atoms with Crippen LogP contribution in [0.5, 0.6) is 0 Å². The molecule has 0 aliphatic rings. The fourth-order valence-electron chi connectivity index (χ4n) is 4.08. The molecule has 5 aromatic rings. The lowest BCUT2D eigenvalue weighted by Crippen LogP contribution is -2.04. The fourth-order valence-corrected chi connectivity index (χ4v) is 5.30. The Kier molecular flexibility index (Phi) is 6.89. The van der Waals surface area contributed by atoms with Crippen LogP contribution in [-0.4, -0.2) is 13.0 Å². The molecule has 0 spiro atoms. The number of hydrogen-bond donors (Lipinski definition) is 0. The maximum absolute atomic E-state index is 13.7. The molecule has 0 unspecified atom stereocenters. The molecule has 0 saturated heterocycles. The van der Waals surface area contributed by atoms with Crippen LogP contribution >= 0.6 is 0 Å². The zero-order chi connectivity index (χ0) is 25.7. The quantitative estimate of drug-likeness (QED) is 0.238. The van der Waals surface area contributed by atoms with Crippen LogP contribution in [0, 0.1) is 18.8 Å². The van der Waals surface area contributed by atoms with Crippen molar-refractivity contribution in [1.29, 1.82) is 0 Å². The number of para-hydroxylation sites is 1. The predicted octanol–water partition coefficient (Wildman–Crippen LogP) is 7.32. The van der Waals surface area contributed by atoms with Gasteiger partial charge in [0.25, 0.3) is 0 Å². The van der Waals surface area contributed by atoms with Gasteiger partial charge in [-0.05, 0) is 72.4 Å². The lowest BCUT2D eigenvalue weighted by Gasteiger charge is -2.11. The predicted molar refractivity (Wildman–Crippen MR) is 151 cm³/mol. The van der Waals surface area contributed by atoms with Crippen LogP contribution in [0.2, 0.25) is 0 Å². The molecule has 0 aliphatic heterocycles. The highest BCUT2D eigenvalue weighted by atomic mass is 32.2. The van der Waals surface area contributed by atoms with E-state index in [-0.39, 0.29) is 9.80 Å². The first kappa shape index (κ1) is 24.1. The first-order chi connectivity index (χ1) is 18.0. The highest BCUT2D eigenvalue weighted by molar-refractivity contribution is 7.95. The Bertz CT molecular complexity index is 1700. The lowest BCUT2D eigenvalue weighted by atomic mass is 10.1. The molecule has 0 amide bonds. The van der Waals surface area contributed by atoms with Gasteiger partial charge in [0.1, 0.15) is 4.91 Å². The average molecular weight is 500 g/mol. The topological polar surface area (TPSA) is 39.1 Å². The summed E-state index contributed by atoms with van der Waals surface area (Å²) in [6.45, 7) is 1.93. The average Bonchev–Trinajstić information content (AvgIpc) is 3.37. The van der Waals surface area contributed by atoms with Gasteiger partial charge in [-0.3, -0.25) is 0 Å². The van der Waals surface area contributed by atoms with Crippen LogP contribution in [0.4, 0.5) is 0 Å². The molecule has 1 heterocycles. The summed E-state index contributed by atoms with van der Waals surface area (Å²) in [5, 5.41) is 0. The summed E-state index contributed by atoms with van der Waals surface area (Å²) >= 11 is 0. The molecule has 3 nitrogen and oxygen atoms in total. The van der Waals surface area contributed by atoms with Gasteiger partial charge in [-0.2, -0.15) is 0 Å². The lowest BCUT2D eigenvalue weighted by molar-refractivity contribution is 0.603. The largest absolute Gasteiger partial charge is 0.303 e. The first-order valence-corrected chi connectivity index (χ1v) is 13.4. The van der Waals surface area contributed by atoms with Crippen molar-refractivity contribution in [1.82, 2.24) is 4.57 Å². The van der Waals surface area contributed by atoms with Gasteiger partial charge in [0.15, 0.2) is 0 Å². The van der Waals surface area contributed by atoms with Gasteiger partial charge < -0.3 is 4.57 Å². The Morgan fingerprint density at radius 3 is 1.95 bits per heavy atom. The molecule has 37 heavy (non-hydrogen) atoms. The van der Waals surface area contributed by atoms with Crippen molar-refractivity contribution < 1.29 is 8.42 Å². The number of allylic oxidation sites excluding steroid dienone is 1. The smallest absolute Gasteiger partial charge is 0.214 e. The zero-order valence-electron chi connectivity index (χ0n) is 20.4. The highest BCUT2D eigenvalue weighted by Gasteiger charge is 2.20. The Hall–Kier alpha value is -4.59. The molecule has 0 fully saturated rings. The number of rotatable bonds is 5. The van der Waals surface area contributed by atoms with Crippen LogP contribution in [-0.2, 0) is 9.84 Å². The third-order valence-corrected chi connectivity index (χ3v) is 7.69. The summed E-state index contributed by atoms with van der Waals surface area (Å²) in [6, 6.07) is 40.2. The van der Waals surface area contributed by atoms with Gasteiger partial charge in [0.2, 0.25) is 9.84 Å². The van der Waals surface area contributed by atoms with E-state index in [1.807, 2.05) is 97.9 Å². The molecule has 0 atom stereocenters. The second kappa shape index (κ2) is 10.6. The van der Waals surface area contributed by atoms with E-state index in [4.69, 9.17) is 0 Å². The van der Waals surface area contributed by atoms with Crippen molar-refractivity contribution in [2.75, 3.05) is 0 Å². The Balaban J connectivity index is 1.67. The first-order valence-electron chi connectivity index (χ1n) is 12.0. The molecule has 5 rings (SSSR count). The third-order valence-electron chi connectivity index (χ3n) is 6.00. The van der Waals surface area contributed by atoms with Gasteiger partial charge in [-0.25, -0.2) is 8.42 Å². The minimum absolute atomic E-state index is 0.0459. The minimum Gasteiger partial charge on any atom is -0.303 e. The maximum Gasteiger partial charge on any atom is 0.214 e. The molecule has 4 heteroatoms. The normalized spacial score (nSPS) is 11.5. The van der Waals surface area contributed by atoms with E-state index in [2.05, 4.69) is 28.5 Å². The summed E-state index contributed by atoms with van der Waals surface area (Å²) < 4.78 is 29.4. The Morgan fingerprint density at radius 2 is 1.30 bits per heavy atom. The van der Waals surface area contributed by atoms with Crippen LogP contribution in [0.1, 0.15) is 16.8 Å². The molecule has 180 valence electrons. The number of nitrogens with zero attached hydrogens (tertiary/aromatic N) is 1. The Labute approximate surface area is 218 Å². The van der Waals surface area contributed by atoms with Crippen LogP contribution in [0.25, 0.3) is 23.0 Å². The number of benzene rings is 4. The maximum atomic E-state index is 13.7. The van der Waals surface area contributed by atoms with Crippen LogP contribution in [0.3, 0.4) is 0 Å². The van der Waals surface area contributed by atoms with Gasteiger partial charge in [0, 0.05) is 5.69 Å². The molecule has 0 aliphatic carbocycles. The van der Waals surface area contributed by atoms with Crippen molar-refractivity contribution in [2.24, 2.45) is 0 Å². The van der Waals surface area contributed by atoms with Crippen LogP contribution < -0.4 is 0 Å². The molecule has 0 radical (unpaired) electrons. The second-order valence-corrected chi connectivity index (χ2v) is 10.5. The number of sulfone groups is 1. The van der Waals surface area contributed by atoms with Gasteiger partial charge in [0.05, 0.1) is 16.3 Å². The monoisotopic (exact) mass is 499 g/mol. The summed E-state index contributed by atoms with van der Waals surface area (Å²) in [5.41, 5.74) is 5.44. The van der Waals surface area contributed by atoms with Crippen molar-refractivity contribution in [3.63, 3.8) is 0 Å². The Morgan fingerprint density at radius 1 is 0.703 bits per heavy atom. The van der Waals surface area contributed by atoms with Crippen LogP contribution in [0.15, 0.2) is 137 Å². The van der Waals surface area contributed by atoms with E-state index in [0.717, 1.165) is 28.1 Å². The van der Waals surface area contributed by atoms with E-state index >= 15 is 0 Å². The number of aromatic nitrogens is 1. The molecule has 0 saturated carbocycles. The van der Waals surface area contributed by atoms with E-state index in [1.54, 1.807) is 30.3 Å². The highest BCUT2D eigenvalue weighted by Crippen LogP contribution is 2.27. The summed E-state index contributed by atoms with van der Waals surface area (Å²) in [5.74, 6) is 6.19. The molecular formula is C33H25NO2S. The molecular weight excluding hydrogens is 474 g/mol. The van der Waals surface area contributed by atoms with Crippen molar-refractivity contribution in [3.05, 3.63) is 149 Å². The standard InChI is InChI=1S/C33H25NO2S/c1-26-17-21-31(22-18-26)37(35,36)32(25-27-11-5-2-6-12-27)23-19-30-20-24-33(28-13-7-3-8-14-28)34(30)29-15-9-4-10-16-29/h2-18,20-22,24-25H,1H3/b32-25+. The zero-order valence-corrected chi connectivity index (χ0v) is 21.2. The third kappa shape index (κ3) is 5.33. The number of hydrogen-bond acceptors (Lipinski definition) is 2. The SMILES string of the molecule is Cc1ccc(S(=O)(=O)/C(C#Cc2ccc(-c3ccccc3)n2-c2ccccc2)=C/c2ccccc2)cc1. The van der Waals surface area contributed by atoms with Crippen molar-refractivity contribution >= 4 is 15.9 Å². The van der Waals surface area contributed by atoms with E-state index < -0.39 is 9.84 Å². The van der Waals surface area contributed by atoms with Gasteiger partial charge in [-0.1, -0.05) is 96.6 Å². The molecule has 0 bridgehead atoms. The minimum atomic E-state index is -3.83. The van der Waals surface area contributed by atoms with E-state index in [9.17, 15) is 8.42 Å². The number of aryl methyl sites for hydroxylation is 1. The molecule has 0 N–H and O–H groups in total. The van der Waals surface area contributed by atoms with Crippen molar-refractivity contribution in [2.45, 2.75) is 11.8 Å². The second-order valence-electron chi connectivity index (χ2n) is 8.63. The summed E-state index contributed by atoms with van der Waals surface area (Å²) in [4.78, 5) is 0.266. The summed E-state index contributed by atoms with van der Waals surface area (Å²) in [7, 11) is -3.83. The van der Waals surface area contributed by atoms with Gasteiger partial charge in [-0.15, -0.1) is 0 Å². The van der Waals surface area contributed by atoms with E-state index in [0.29, 0.717) is 5.69 Å². The van der Waals surface area contributed by atoms with Gasteiger partial charge >= 0.3 is 0 Å². The molecule has 1 aromatic heterocycles.